The zero-order valence-corrected chi connectivity index (χ0v) is 16.2. The van der Waals surface area contributed by atoms with Crippen LogP contribution in [0.5, 0.6) is 5.75 Å². The Labute approximate surface area is 159 Å². The van der Waals surface area contributed by atoms with Crippen LogP contribution in [-0.4, -0.2) is 54.9 Å². The molecule has 1 aliphatic heterocycles. The summed E-state index contributed by atoms with van der Waals surface area (Å²) in [6.07, 6.45) is 1.48. The van der Waals surface area contributed by atoms with Gasteiger partial charge in [-0.25, -0.2) is 0 Å². The minimum atomic E-state index is -0.302. The van der Waals surface area contributed by atoms with Gasteiger partial charge in [-0.1, -0.05) is 12.1 Å². The summed E-state index contributed by atoms with van der Waals surface area (Å²) in [7, 11) is 3.43. The monoisotopic (exact) mass is 370 g/mol. The van der Waals surface area contributed by atoms with Crippen molar-refractivity contribution in [2.24, 2.45) is 5.92 Å². The first-order valence-electron chi connectivity index (χ1n) is 9.15. The van der Waals surface area contributed by atoms with Gasteiger partial charge in [-0.05, 0) is 43.7 Å². The number of carbonyl (C=O) groups excluding carboxylic acids is 2. The highest BCUT2D eigenvalue weighted by Crippen LogP contribution is 2.36. The number of carbonyl (C=O) groups is 2. The van der Waals surface area contributed by atoms with Crippen LogP contribution in [-0.2, 0) is 4.79 Å². The predicted molar refractivity (Wildman–Crippen MR) is 102 cm³/mol. The molecule has 0 saturated carbocycles. The minimum Gasteiger partial charge on any atom is -0.497 e. The van der Waals surface area contributed by atoms with E-state index in [0.29, 0.717) is 18.8 Å². The molecule has 0 spiro atoms. The molecule has 1 saturated heterocycles. The molecule has 2 atom stereocenters. The fourth-order valence-corrected chi connectivity index (χ4v) is 3.50. The van der Waals surface area contributed by atoms with Crippen molar-refractivity contribution in [1.29, 1.82) is 0 Å². The Morgan fingerprint density at radius 3 is 2.63 bits per heavy atom. The molecule has 0 radical (unpaired) electrons. The van der Waals surface area contributed by atoms with Crippen LogP contribution < -0.4 is 4.74 Å². The van der Waals surface area contributed by atoms with Gasteiger partial charge in [0.15, 0.2) is 5.76 Å². The van der Waals surface area contributed by atoms with E-state index in [1.807, 2.05) is 45.2 Å². The summed E-state index contributed by atoms with van der Waals surface area (Å²) in [4.78, 5) is 29.3. The Morgan fingerprint density at radius 1 is 1.22 bits per heavy atom. The molecule has 2 heterocycles. The zero-order valence-electron chi connectivity index (χ0n) is 16.2. The average Bonchev–Trinajstić information content (AvgIpc) is 3.36. The van der Waals surface area contributed by atoms with Crippen molar-refractivity contribution in [2.75, 3.05) is 27.2 Å². The maximum Gasteiger partial charge on any atom is 0.289 e. The summed E-state index contributed by atoms with van der Waals surface area (Å²) >= 11 is 0. The van der Waals surface area contributed by atoms with Gasteiger partial charge in [0.05, 0.1) is 19.3 Å². The van der Waals surface area contributed by atoms with Gasteiger partial charge in [-0.3, -0.25) is 9.59 Å². The summed E-state index contributed by atoms with van der Waals surface area (Å²) in [5.74, 6) is 0.510. The van der Waals surface area contributed by atoms with E-state index < -0.39 is 0 Å². The lowest BCUT2D eigenvalue weighted by molar-refractivity contribution is -0.135. The number of ether oxygens (including phenoxy) is 1. The molecule has 1 aromatic heterocycles. The Morgan fingerprint density at radius 2 is 2.00 bits per heavy atom. The largest absolute Gasteiger partial charge is 0.497 e. The Hall–Kier alpha value is -2.76. The summed E-state index contributed by atoms with van der Waals surface area (Å²) in [5, 5.41) is 0. The highest BCUT2D eigenvalue weighted by molar-refractivity contribution is 5.92. The van der Waals surface area contributed by atoms with Crippen molar-refractivity contribution >= 4 is 11.8 Å². The third-order valence-electron chi connectivity index (χ3n) is 5.30. The average molecular weight is 370 g/mol. The smallest absolute Gasteiger partial charge is 0.289 e. The molecule has 2 unspecified atom stereocenters. The number of rotatable bonds is 5. The molecule has 1 aliphatic rings. The molecule has 0 aliphatic carbocycles. The van der Waals surface area contributed by atoms with Crippen molar-refractivity contribution in [3.05, 3.63) is 54.0 Å². The lowest BCUT2D eigenvalue weighted by atomic mass is 9.87. The number of furan rings is 1. The molecular formula is C21H26N2O4. The van der Waals surface area contributed by atoms with Crippen LogP contribution >= 0.6 is 0 Å². The number of hydrogen-bond donors (Lipinski definition) is 0. The number of methoxy groups -OCH3 is 1. The van der Waals surface area contributed by atoms with Gasteiger partial charge in [0.1, 0.15) is 5.75 Å². The molecule has 0 bridgehead atoms. The fourth-order valence-electron chi connectivity index (χ4n) is 3.50. The summed E-state index contributed by atoms with van der Waals surface area (Å²) in [6, 6.07) is 11.2. The number of likely N-dealkylation sites (tertiary alicyclic amines) is 1. The second-order valence-electron chi connectivity index (χ2n) is 7.22. The normalized spacial score (nSPS) is 19.4. The SMILES string of the molecule is COc1cccc(C2CN(C(=O)c3ccco3)CC2C(=O)N(C)C(C)C)c1. The third kappa shape index (κ3) is 3.84. The van der Waals surface area contributed by atoms with Crippen LogP contribution in [0, 0.1) is 5.92 Å². The van der Waals surface area contributed by atoms with E-state index in [4.69, 9.17) is 9.15 Å². The first kappa shape index (κ1) is 19.0. The summed E-state index contributed by atoms with van der Waals surface area (Å²) < 4.78 is 10.6. The highest BCUT2D eigenvalue weighted by Gasteiger charge is 2.42. The van der Waals surface area contributed by atoms with Crippen LogP contribution in [0.2, 0.25) is 0 Å². The minimum absolute atomic E-state index is 0.0487. The first-order chi connectivity index (χ1) is 12.9. The molecule has 0 N–H and O–H groups in total. The molecule has 144 valence electrons. The van der Waals surface area contributed by atoms with E-state index in [2.05, 4.69) is 0 Å². The van der Waals surface area contributed by atoms with Crippen LogP contribution in [0.1, 0.15) is 35.9 Å². The Bertz CT molecular complexity index is 800. The molecule has 1 fully saturated rings. The van der Waals surface area contributed by atoms with Crippen LogP contribution in [0.4, 0.5) is 0 Å². The topological polar surface area (TPSA) is 63.0 Å². The standard InChI is InChI=1S/C21H26N2O4/c1-14(2)22(3)20(24)18-13-23(21(25)19-9-6-10-27-19)12-17(18)15-7-5-8-16(11-15)26-4/h5-11,14,17-18H,12-13H2,1-4H3. The lowest BCUT2D eigenvalue weighted by Gasteiger charge is -2.27. The summed E-state index contributed by atoms with van der Waals surface area (Å²) in [6.45, 7) is 4.81. The second-order valence-corrected chi connectivity index (χ2v) is 7.22. The van der Waals surface area contributed by atoms with Crippen LogP contribution in [0.15, 0.2) is 47.1 Å². The van der Waals surface area contributed by atoms with E-state index in [0.717, 1.165) is 11.3 Å². The van der Waals surface area contributed by atoms with E-state index in [9.17, 15) is 9.59 Å². The van der Waals surface area contributed by atoms with Crippen LogP contribution in [0.3, 0.4) is 0 Å². The molecular weight excluding hydrogens is 344 g/mol. The second kappa shape index (κ2) is 7.86. The summed E-state index contributed by atoms with van der Waals surface area (Å²) in [5.41, 5.74) is 1.000. The molecule has 6 nitrogen and oxygen atoms in total. The Balaban J connectivity index is 1.91. The Kier molecular flexibility index (Phi) is 5.54. The van der Waals surface area contributed by atoms with E-state index >= 15 is 0 Å². The number of hydrogen-bond acceptors (Lipinski definition) is 4. The molecule has 27 heavy (non-hydrogen) atoms. The predicted octanol–water partition coefficient (Wildman–Crippen LogP) is 3.01. The van der Waals surface area contributed by atoms with E-state index in [1.165, 1.54) is 6.26 Å². The zero-order chi connectivity index (χ0) is 19.6. The maximum atomic E-state index is 13.1. The lowest BCUT2D eigenvalue weighted by Crippen LogP contribution is -2.40. The maximum absolute atomic E-state index is 13.1. The molecule has 2 aromatic rings. The molecule has 2 amide bonds. The van der Waals surface area contributed by atoms with Gasteiger partial charge >= 0.3 is 0 Å². The first-order valence-corrected chi connectivity index (χ1v) is 9.15. The van der Waals surface area contributed by atoms with Gasteiger partial charge in [0.25, 0.3) is 5.91 Å². The molecule has 3 rings (SSSR count). The van der Waals surface area contributed by atoms with Crippen molar-refractivity contribution in [1.82, 2.24) is 9.80 Å². The van der Waals surface area contributed by atoms with Gasteiger partial charge < -0.3 is 19.0 Å². The number of nitrogens with zero attached hydrogens (tertiary/aromatic N) is 2. The van der Waals surface area contributed by atoms with Gasteiger partial charge in [-0.15, -0.1) is 0 Å². The quantitative estimate of drug-likeness (QED) is 0.812. The fraction of sp³-hybridized carbons (Fsp3) is 0.429. The highest BCUT2D eigenvalue weighted by atomic mass is 16.5. The number of benzene rings is 1. The van der Waals surface area contributed by atoms with Gasteiger partial charge in [-0.2, -0.15) is 0 Å². The third-order valence-corrected chi connectivity index (χ3v) is 5.30. The molecule has 1 aromatic carbocycles. The van der Waals surface area contributed by atoms with Crippen molar-refractivity contribution < 1.29 is 18.7 Å². The number of amides is 2. The van der Waals surface area contributed by atoms with Crippen molar-refractivity contribution in [2.45, 2.75) is 25.8 Å². The van der Waals surface area contributed by atoms with E-state index in [1.54, 1.807) is 29.0 Å². The van der Waals surface area contributed by atoms with Crippen molar-refractivity contribution in [3.63, 3.8) is 0 Å². The van der Waals surface area contributed by atoms with E-state index in [-0.39, 0.29) is 29.7 Å². The van der Waals surface area contributed by atoms with Gasteiger partial charge in [0.2, 0.25) is 5.91 Å². The molecule has 6 heteroatoms. The van der Waals surface area contributed by atoms with Gasteiger partial charge in [0, 0.05) is 32.1 Å². The van der Waals surface area contributed by atoms with Crippen molar-refractivity contribution in [3.8, 4) is 5.75 Å². The van der Waals surface area contributed by atoms with Crippen LogP contribution in [0.25, 0.3) is 0 Å².